The summed E-state index contributed by atoms with van der Waals surface area (Å²) < 4.78 is 32.4. The van der Waals surface area contributed by atoms with Gasteiger partial charge in [-0.25, -0.2) is 13.2 Å². The summed E-state index contributed by atoms with van der Waals surface area (Å²) in [6, 6.07) is -2.01. The lowest BCUT2D eigenvalue weighted by atomic mass is 10.1. The van der Waals surface area contributed by atoms with Crippen molar-refractivity contribution in [2.24, 2.45) is 5.92 Å². The molecule has 0 aromatic heterocycles. The third kappa shape index (κ3) is 7.13. The van der Waals surface area contributed by atoms with Crippen molar-refractivity contribution in [2.75, 3.05) is 20.1 Å². The summed E-state index contributed by atoms with van der Waals surface area (Å²) >= 11 is 0. The van der Waals surface area contributed by atoms with E-state index < -0.39 is 62.6 Å². The largest absolute Gasteiger partial charge is 0.446 e. The topological polar surface area (TPSA) is 171 Å². The van der Waals surface area contributed by atoms with E-state index >= 15 is 0 Å². The van der Waals surface area contributed by atoms with Crippen LogP contribution in [-0.4, -0.2) is 97.1 Å². The summed E-state index contributed by atoms with van der Waals surface area (Å²) in [6.07, 6.45) is 7.15. The van der Waals surface area contributed by atoms with Crippen LogP contribution in [0.4, 0.5) is 4.79 Å². The molecule has 4 atom stereocenters. The minimum Gasteiger partial charge on any atom is -0.446 e. The molecule has 3 saturated carbocycles. The Labute approximate surface area is 246 Å². The van der Waals surface area contributed by atoms with E-state index in [4.69, 9.17) is 4.74 Å². The molecule has 4 aliphatic rings. The highest BCUT2D eigenvalue weighted by molar-refractivity contribution is 7.91. The number of alkyl carbamates (subject to hydrolysis) is 1. The van der Waals surface area contributed by atoms with Crippen molar-refractivity contribution in [1.82, 2.24) is 25.2 Å². The molecule has 13 nitrogen and oxygen atoms in total. The molecule has 0 unspecified atom stereocenters. The molecule has 1 aliphatic heterocycles. The smallest absolute Gasteiger partial charge is 0.408 e. The SMILES string of the molecule is C=CC(=O)N(C)CC[C@H](NC(=O)OC1CCCC1)C(=O)N1CCC[C@H]1C(=O)N[C@]1(C(=O)NS(=O)(=O)C2CC2)C[C@H]1C=C. The normalized spacial score (nSPS) is 26.1. The van der Waals surface area contributed by atoms with Gasteiger partial charge >= 0.3 is 6.09 Å². The number of sulfonamides is 1. The van der Waals surface area contributed by atoms with E-state index in [9.17, 15) is 32.4 Å². The molecular weight excluding hydrogens is 566 g/mol. The maximum absolute atomic E-state index is 13.8. The molecule has 1 saturated heterocycles. The fourth-order valence-electron chi connectivity index (χ4n) is 5.70. The van der Waals surface area contributed by atoms with Gasteiger partial charge < -0.3 is 25.2 Å². The first kappa shape index (κ1) is 31.5. The molecule has 0 spiro atoms. The molecule has 3 N–H and O–H groups in total. The van der Waals surface area contributed by atoms with E-state index in [0.717, 1.165) is 31.8 Å². The summed E-state index contributed by atoms with van der Waals surface area (Å²) in [5, 5.41) is 4.75. The number of carbonyl (C=O) groups excluding carboxylic acids is 5. The van der Waals surface area contributed by atoms with E-state index in [1.54, 1.807) is 7.05 Å². The van der Waals surface area contributed by atoms with Crippen LogP contribution in [0.1, 0.15) is 64.2 Å². The van der Waals surface area contributed by atoms with Crippen molar-refractivity contribution in [1.29, 1.82) is 0 Å². The van der Waals surface area contributed by atoms with E-state index in [1.807, 2.05) is 0 Å². The highest BCUT2D eigenvalue weighted by Gasteiger charge is 2.61. The van der Waals surface area contributed by atoms with Gasteiger partial charge in [-0.1, -0.05) is 12.7 Å². The van der Waals surface area contributed by atoms with Crippen molar-refractivity contribution in [3.8, 4) is 0 Å². The maximum Gasteiger partial charge on any atom is 0.408 e. The average Bonchev–Trinajstić information content (AvgIpc) is 3.82. The summed E-state index contributed by atoms with van der Waals surface area (Å²) in [5.41, 5.74) is -1.46. The number of nitrogens with one attached hydrogen (secondary N) is 3. The quantitative estimate of drug-likeness (QED) is 0.203. The molecule has 3 aliphatic carbocycles. The van der Waals surface area contributed by atoms with Gasteiger partial charge in [0.15, 0.2) is 0 Å². The Morgan fingerprint density at radius 2 is 1.76 bits per heavy atom. The fourth-order valence-corrected chi connectivity index (χ4v) is 7.07. The zero-order valence-electron chi connectivity index (χ0n) is 24.0. The van der Waals surface area contributed by atoms with Gasteiger partial charge in [0.2, 0.25) is 27.7 Å². The van der Waals surface area contributed by atoms with E-state index in [-0.39, 0.29) is 37.9 Å². The van der Waals surface area contributed by atoms with Crippen LogP contribution in [0, 0.1) is 5.92 Å². The van der Waals surface area contributed by atoms with Gasteiger partial charge in [-0.05, 0) is 70.3 Å². The van der Waals surface area contributed by atoms with Crippen LogP contribution < -0.4 is 15.4 Å². The molecule has 0 radical (unpaired) electrons. The Bertz CT molecular complexity index is 1230. The molecular formula is C28H41N5O8S. The van der Waals surface area contributed by atoms with Crippen LogP contribution in [0.5, 0.6) is 0 Å². The van der Waals surface area contributed by atoms with Crippen LogP contribution in [0.3, 0.4) is 0 Å². The molecule has 0 bridgehead atoms. The molecule has 4 rings (SSSR count). The van der Waals surface area contributed by atoms with Crippen molar-refractivity contribution in [3.05, 3.63) is 25.3 Å². The number of likely N-dealkylation sites (tertiary alicyclic amines) is 1. The minimum absolute atomic E-state index is 0.0728. The second-order valence-corrected chi connectivity index (χ2v) is 13.6. The second-order valence-electron chi connectivity index (χ2n) is 11.6. The van der Waals surface area contributed by atoms with Crippen LogP contribution in [-0.2, 0) is 33.9 Å². The number of hydrogen-bond donors (Lipinski definition) is 3. The summed E-state index contributed by atoms with van der Waals surface area (Å²) in [5.74, 6) is -2.72. The Morgan fingerprint density at radius 1 is 1.07 bits per heavy atom. The van der Waals surface area contributed by atoms with Crippen LogP contribution in [0.15, 0.2) is 25.3 Å². The van der Waals surface area contributed by atoms with Gasteiger partial charge in [0, 0.05) is 26.1 Å². The summed E-state index contributed by atoms with van der Waals surface area (Å²) in [4.78, 5) is 67.8. The monoisotopic (exact) mass is 607 g/mol. The zero-order valence-corrected chi connectivity index (χ0v) is 24.8. The molecule has 5 amide bonds. The van der Waals surface area contributed by atoms with Crippen LogP contribution >= 0.6 is 0 Å². The van der Waals surface area contributed by atoms with E-state index in [0.29, 0.717) is 25.7 Å². The van der Waals surface area contributed by atoms with E-state index in [2.05, 4.69) is 28.5 Å². The van der Waals surface area contributed by atoms with Gasteiger partial charge in [-0.2, -0.15) is 0 Å². The summed E-state index contributed by atoms with van der Waals surface area (Å²) in [7, 11) is -2.28. The second kappa shape index (κ2) is 12.8. The van der Waals surface area contributed by atoms with Gasteiger partial charge in [-0.15, -0.1) is 6.58 Å². The number of rotatable bonds is 13. The average molecular weight is 608 g/mol. The lowest BCUT2D eigenvalue weighted by Crippen LogP contribution is -2.58. The van der Waals surface area contributed by atoms with E-state index in [1.165, 1.54) is 15.9 Å². The zero-order chi connectivity index (χ0) is 30.7. The van der Waals surface area contributed by atoms with Gasteiger partial charge in [0.1, 0.15) is 23.7 Å². The third-order valence-electron chi connectivity index (χ3n) is 8.56. The number of nitrogens with zero attached hydrogens (tertiary/aromatic N) is 2. The molecule has 4 fully saturated rings. The molecule has 0 aromatic rings. The number of likely N-dealkylation sites (N-methyl/N-ethyl adjacent to an activating group) is 1. The van der Waals surface area contributed by atoms with Crippen molar-refractivity contribution < 1.29 is 37.1 Å². The van der Waals surface area contributed by atoms with Gasteiger partial charge in [-0.3, -0.25) is 23.9 Å². The van der Waals surface area contributed by atoms with Crippen molar-refractivity contribution in [2.45, 2.75) is 93.2 Å². The maximum atomic E-state index is 13.8. The van der Waals surface area contributed by atoms with Gasteiger partial charge in [0.05, 0.1) is 5.25 Å². The van der Waals surface area contributed by atoms with Crippen LogP contribution in [0.2, 0.25) is 0 Å². The predicted octanol–water partition coefficient (Wildman–Crippen LogP) is 0.719. The summed E-state index contributed by atoms with van der Waals surface area (Å²) in [6.45, 7) is 7.54. The number of amides is 5. The molecule has 1 heterocycles. The lowest BCUT2D eigenvalue weighted by Gasteiger charge is -2.30. The molecule has 0 aromatic carbocycles. The lowest BCUT2D eigenvalue weighted by molar-refractivity contribution is -0.141. The Morgan fingerprint density at radius 3 is 2.36 bits per heavy atom. The first-order chi connectivity index (χ1) is 19.9. The number of ether oxygens (including phenoxy) is 1. The number of carbonyl (C=O) groups is 5. The van der Waals surface area contributed by atoms with Gasteiger partial charge in [0.25, 0.3) is 5.91 Å². The standard InChI is InChI=1S/C28H41N5O8S/c1-4-18-17-28(18,26(37)31-42(39,40)20-12-13-20)30-24(35)22-11-8-15-33(22)25(36)21(14-16-32(3)23(34)5-2)29-27(38)41-19-9-6-7-10-19/h4-5,18-22H,1-2,6-17H2,3H3,(H,29,38)(H,30,35)(H,31,37)/t18-,21+,22+,28-/m1/s1. The highest BCUT2D eigenvalue weighted by Crippen LogP contribution is 2.45. The Hall–Kier alpha value is -3.42. The van der Waals surface area contributed by atoms with Crippen molar-refractivity contribution in [3.63, 3.8) is 0 Å². The molecule has 14 heteroatoms. The highest BCUT2D eigenvalue weighted by atomic mass is 32.2. The Balaban J connectivity index is 1.45. The number of hydrogen-bond acceptors (Lipinski definition) is 8. The molecule has 232 valence electrons. The van der Waals surface area contributed by atoms with Crippen molar-refractivity contribution >= 4 is 39.7 Å². The van der Waals surface area contributed by atoms with Crippen LogP contribution in [0.25, 0.3) is 0 Å². The fraction of sp³-hybridized carbons (Fsp3) is 0.679. The molecule has 42 heavy (non-hydrogen) atoms. The minimum atomic E-state index is -3.83. The first-order valence-electron chi connectivity index (χ1n) is 14.6. The Kier molecular flexibility index (Phi) is 9.63. The first-order valence-corrected chi connectivity index (χ1v) is 16.1. The predicted molar refractivity (Wildman–Crippen MR) is 152 cm³/mol. The third-order valence-corrected chi connectivity index (χ3v) is 10.4.